The fraction of sp³-hybridized carbons (Fsp3) is 0.222. The minimum atomic E-state index is -4.45. The molecular weight excluding hydrogens is 354 g/mol. The monoisotopic (exact) mass is 369 g/mol. The lowest BCUT2D eigenvalue weighted by atomic mass is 10.1. The van der Waals surface area contributed by atoms with Crippen molar-refractivity contribution in [3.05, 3.63) is 59.5 Å². The van der Waals surface area contributed by atoms with Gasteiger partial charge in [0.1, 0.15) is 5.56 Å². The highest BCUT2D eigenvalue weighted by atomic mass is 19.4. The standard InChI is InChI=1S/C18H15F4NO3/c1-3-12-7-8-23-16(15(12)17(24)25-4-2)26-14-6-5-11(9-13(14)19)10-18(20,21)22/h3,5-9H,1,4,10H2,2H3. The number of alkyl halides is 3. The molecule has 2 aromatic rings. The van der Waals surface area contributed by atoms with Crippen LogP contribution >= 0.6 is 0 Å². The summed E-state index contributed by atoms with van der Waals surface area (Å²) in [5.74, 6) is -2.34. The van der Waals surface area contributed by atoms with E-state index in [4.69, 9.17) is 9.47 Å². The van der Waals surface area contributed by atoms with Crippen LogP contribution in [0.1, 0.15) is 28.4 Å². The molecule has 0 aliphatic carbocycles. The van der Waals surface area contributed by atoms with Gasteiger partial charge >= 0.3 is 12.1 Å². The number of carbonyl (C=O) groups excluding carboxylic acids is 1. The van der Waals surface area contributed by atoms with Gasteiger partial charge in [-0.15, -0.1) is 0 Å². The molecule has 1 aromatic heterocycles. The minimum Gasteiger partial charge on any atom is -0.462 e. The van der Waals surface area contributed by atoms with Gasteiger partial charge < -0.3 is 9.47 Å². The van der Waals surface area contributed by atoms with Crippen LogP contribution in [0, 0.1) is 5.82 Å². The second-order valence-electron chi connectivity index (χ2n) is 5.16. The number of nitrogens with zero attached hydrogens (tertiary/aromatic N) is 1. The van der Waals surface area contributed by atoms with Crippen molar-refractivity contribution in [2.45, 2.75) is 19.5 Å². The number of benzene rings is 1. The topological polar surface area (TPSA) is 48.4 Å². The van der Waals surface area contributed by atoms with E-state index in [0.717, 1.165) is 18.2 Å². The van der Waals surface area contributed by atoms with Gasteiger partial charge in [-0.25, -0.2) is 14.2 Å². The van der Waals surface area contributed by atoms with Crippen LogP contribution < -0.4 is 4.74 Å². The van der Waals surface area contributed by atoms with Crippen LogP contribution in [-0.4, -0.2) is 23.7 Å². The number of esters is 1. The Hall–Kier alpha value is -2.90. The third-order valence-electron chi connectivity index (χ3n) is 3.26. The zero-order valence-corrected chi connectivity index (χ0v) is 13.8. The molecule has 0 aliphatic rings. The fourth-order valence-corrected chi connectivity index (χ4v) is 2.19. The van der Waals surface area contributed by atoms with E-state index in [1.807, 2.05) is 0 Å². The van der Waals surface area contributed by atoms with Crippen LogP contribution in [0.4, 0.5) is 17.6 Å². The maximum absolute atomic E-state index is 14.1. The molecule has 4 nitrogen and oxygen atoms in total. The zero-order valence-electron chi connectivity index (χ0n) is 13.8. The molecule has 0 radical (unpaired) electrons. The van der Waals surface area contributed by atoms with E-state index < -0.39 is 24.4 Å². The molecule has 2 rings (SSSR count). The fourth-order valence-electron chi connectivity index (χ4n) is 2.19. The third kappa shape index (κ3) is 4.81. The molecule has 0 atom stereocenters. The van der Waals surface area contributed by atoms with E-state index in [0.29, 0.717) is 5.56 Å². The SMILES string of the molecule is C=Cc1ccnc(Oc2ccc(CC(F)(F)F)cc2F)c1C(=O)OCC. The summed E-state index contributed by atoms with van der Waals surface area (Å²) >= 11 is 0. The predicted molar refractivity (Wildman–Crippen MR) is 86.5 cm³/mol. The first-order chi connectivity index (χ1) is 12.2. The summed E-state index contributed by atoms with van der Waals surface area (Å²) in [5, 5.41) is 0. The van der Waals surface area contributed by atoms with E-state index >= 15 is 0 Å². The van der Waals surface area contributed by atoms with Gasteiger partial charge in [0, 0.05) is 6.20 Å². The summed E-state index contributed by atoms with van der Waals surface area (Å²) in [6.07, 6.45) is -3.01. The van der Waals surface area contributed by atoms with Gasteiger partial charge in [-0.2, -0.15) is 13.2 Å². The van der Waals surface area contributed by atoms with Gasteiger partial charge in [0.25, 0.3) is 0 Å². The molecule has 0 amide bonds. The van der Waals surface area contributed by atoms with Crippen LogP contribution in [0.3, 0.4) is 0 Å². The summed E-state index contributed by atoms with van der Waals surface area (Å²) in [6, 6.07) is 4.36. The molecule has 0 saturated heterocycles. The Balaban J connectivity index is 2.36. The summed E-state index contributed by atoms with van der Waals surface area (Å²) < 4.78 is 61.5. The minimum absolute atomic E-state index is 0.0527. The van der Waals surface area contributed by atoms with Gasteiger partial charge in [-0.05, 0) is 36.2 Å². The highest BCUT2D eigenvalue weighted by molar-refractivity contribution is 5.96. The van der Waals surface area contributed by atoms with Crippen molar-refractivity contribution in [2.24, 2.45) is 0 Å². The van der Waals surface area contributed by atoms with Crippen LogP contribution in [0.25, 0.3) is 6.08 Å². The van der Waals surface area contributed by atoms with E-state index in [-0.39, 0.29) is 29.4 Å². The molecule has 138 valence electrons. The maximum atomic E-state index is 14.1. The second-order valence-corrected chi connectivity index (χ2v) is 5.16. The first-order valence-corrected chi connectivity index (χ1v) is 7.56. The molecule has 0 unspecified atom stereocenters. The molecule has 0 saturated carbocycles. The summed E-state index contributed by atoms with van der Waals surface area (Å²) in [5.41, 5.74) is 0.0615. The number of carbonyl (C=O) groups is 1. The molecule has 1 aromatic carbocycles. The third-order valence-corrected chi connectivity index (χ3v) is 3.26. The molecule has 0 fully saturated rings. The number of ether oxygens (including phenoxy) is 2. The number of hydrogen-bond donors (Lipinski definition) is 0. The van der Waals surface area contributed by atoms with Crippen molar-refractivity contribution in [2.75, 3.05) is 6.61 Å². The summed E-state index contributed by atoms with van der Waals surface area (Å²) in [7, 11) is 0. The van der Waals surface area contributed by atoms with E-state index in [1.54, 1.807) is 6.92 Å². The lowest BCUT2D eigenvalue weighted by Crippen LogP contribution is -2.12. The van der Waals surface area contributed by atoms with Gasteiger partial charge in [0.05, 0.1) is 13.0 Å². The van der Waals surface area contributed by atoms with Gasteiger partial charge in [-0.3, -0.25) is 0 Å². The molecule has 0 bridgehead atoms. The molecule has 8 heteroatoms. The van der Waals surface area contributed by atoms with Crippen molar-refractivity contribution in [3.63, 3.8) is 0 Å². The van der Waals surface area contributed by atoms with E-state index in [1.165, 1.54) is 18.3 Å². The maximum Gasteiger partial charge on any atom is 0.393 e. The normalized spacial score (nSPS) is 11.1. The summed E-state index contributed by atoms with van der Waals surface area (Å²) in [6.45, 7) is 5.29. The molecular formula is C18H15F4NO3. The van der Waals surface area contributed by atoms with Gasteiger partial charge in [0.2, 0.25) is 5.88 Å². The molecule has 0 spiro atoms. The average molecular weight is 369 g/mol. The Morgan fingerprint density at radius 1 is 1.31 bits per heavy atom. The van der Waals surface area contributed by atoms with Crippen LogP contribution in [0.15, 0.2) is 37.0 Å². The quantitative estimate of drug-likeness (QED) is 0.535. The number of rotatable bonds is 6. The van der Waals surface area contributed by atoms with Crippen LogP contribution in [0.2, 0.25) is 0 Å². The Morgan fingerprint density at radius 3 is 2.62 bits per heavy atom. The Labute approximate surface area is 147 Å². The molecule has 1 heterocycles. The lowest BCUT2D eigenvalue weighted by Gasteiger charge is -2.13. The molecule has 0 N–H and O–H groups in total. The van der Waals surface area contributed by atoms with Gasteiger partial charge in [0.15, 0.2) is 11.6 Å². The Kier molecular flexibility index (Phi) is 5.97. The van der Waals surface area contributed by atoms with Crippen molar-refractivity contribution < 1.29 is 31.8 Å². The van der Waals surface area contributed by atoms with Crippen molar-refractivity contribution >= 4 is 12.0 Å². The highest BCUT2D eigenvalue weighted by Crippen LogP contribution is 2.30. The number of hydrogen-bond acceptors (Lipinski definition) is 4. The smallest absolute Gasteiger partial charge is 0.393 e. The van der Waals surface area contributed by atoms with E-state index in [9.17, 15) is 22.4 Å². The number of aromatic nitrogens is 1. The van der Waals surface area contributed by atoms with Crippen molar-refractivity contribution in [3.8, 4) is 11.6 Å². The summed E-state index contributed by atoms with van der Waals surface area (Å²) in [4.78, 5) is 16.0. The lowest BCUT2D eigenvalue weighted by molar-refractivity contribution is -0.127. The predicted octanol–water partition coefficient (Wildman–Crippen LogP) is 4.94. The second kappa shape index (κ2) is 7.99. The first-order valence-electron chi connectivity index (χ1n) is 7.56. The zero-order chi connectivity index (χ0) is 19.3. The molecule has 26 heavy (non-hydrogen) atoms. The largest absolute Gasteiger partial charge is 0.462 e. The van der Waals surface area contributed by atoms with Crippen LogP contribution in [0.5, 0.6) is 11.6 Å². The van der Waals surface area contributed by atoms with Crippen molar-refractivity contribution in [1.29, 1.82) is 0 Å². The average Bonchev–Trinajstić information content (AvgIpc) is 2.55. The Morgan fingerprint density at radius 2 is 2.04 bits per heavy atom. The number of halogens is 4. The molecule has 0 aliphatic heterocycles. The highest BCUT2D eigenvalue weighted by Gasteiger charge is 2.28. The van der Waals surface area contributed by atoms with Crippen molar-refractivity contribution in [1.82, 2.24) is 4.98 Å². The Bertz CT molecular complexity index is 819. The van der Waals surface area contributed by atoms with Gasteiger partial charge in [-0.1, -0.05) is 18.7 Å². The number of pyridine rings is 1. The van der Waals surface area contributed by atoms with E-state index in [2.05, 4.69) is 11.6 Å². The van der Waals surface area contributed by atoms with Crippen LogP contribution in [-0.2, 0) is 11.2 Å². The first kappa shape index (κ1) is 19.4.